The molecule has 0 saturated carbocycles. The molecular formula is C31H37N3O6S. The highest BCUT2D eigenvalue weighted by Crippen LogP contribution is 2.34. The molecule has 0 spiro atoms. The summed E-state index contributed by atoms with van der Waals surface area (Å²) in [6.45, 7) is 4.26. The summed E-state index contributed by atoms with van der Waals surface area (Å²) in [7, 11) is -3.88. The van der Waals surface area contributed by atoms with Crippen LogP contribution >= 0.6 is 0 Å². The predicted molar refractivity (Wildman–Crippen MR) is 158 cm³/mol. The Labute approximate surface area is 242 Å². The van der Waals surface area contributed by atoms with Gasteiger partial charge in [-0.05, 0) is 36.6 Å². The van der Waals surface area contributed by atoms with Gasteiger partial charge in [0.1, 0.15) is 25.8 Å². The normalized spacial score (nSPS) is 14.0. The van der Waals surface area contributed by atoms with E-state index in [-0.39, 0.29) is 30.6 Å². The maximum Gasteiger partial charge on any atom is 0.244 e. The largest absolute Gasteiger partial charge is 0.486 e. The highest BCUT2D eigenvalue weighted by molar-refractivity contribution is 7.92. The molecule has 1 aliphatic heterocycles. The summed E-state index contributed by atoms with van der Waals surface area (Å²) in [5, 5.41) is 3.03. The third-order valence-electron chi connectivity index (χ3n) is 6.96. The number of fused-ring (bicyclic) bond motifs is 1. The number of anilines is 1. The molecule has 0 saturated heterocycles. The van der Waals surface area contributed by atoms with Crippen molar-refractivity contribution in [1.29, 1.82) is 0 Å². The number of amides is 2. The predicted octanol–water partition coefficient (Wildman–Crippen LogP) is 3.78. The van der Waals surface area contributed by atoms with Crippen molar-refractivity contribution < 1.29 is 27.5 Å². The number of nitrogens with one attached hydrogen (secondary N) is 1. The molecule has 4 rings (SSSR count). The van der Waals surface area contributed by atoms with Crippen LogP contribution in [0.5, 0.6) is 11.5 Å². The van der Waals surface area contributed by atoms with E-state index in [1.807, 2.05) is 74.5 Å². The van der Waals surface area contributed by atoms with Crippen LogP contribution in [0.15, 0.2) is 78.9 Å². The van der Waals surface area contributed by atoms with E-state index in [1.54, 1.807) is 18.2 Å². The van der Waals surface area contributed by atoms with E-state index in [1.165, 1.54) is 4.90 Å². The fourth-order valence-electron chi connectivity index (χ4n) is 4.58. The minimum absolute atomic E-state index is 0.0975. The van der Waals surface area contributed by atoms with Crippen molar-refractivity contribution in [3.8, 4) is 11.5 Å². The SMILES string of the molecule is CC[C@H](C)NC(=O)[C@H](Cc1ccccc1)N(Cc1ccccc1)C(=O)CN(c1ccc2c(c1)OCCO2)S(C)(=O)=O. The van der Waals surface area contributed by atoms with E-state index < -0.39 is 28.5 Å². The molecule has 0 unspecified atom stereocenters. The van der Waals surface area contributed by atoms with Gasteiger partial charge in [0.25, 0.3) is 0 Å². The Morgan fingerprint density at radius 3 is 2.12 bits per heavy atom. The van der Waals surface area contributed by atoms with Gasteiger partial charge in [-0.2, -0.15) is 0 Å². The van der Waals surface area contributed by atoms with E-state index in [0.717, 1.165) is 28.1 Å². The highest BCUT2D eigenvalue weighted by atomic mass is 32.2. The molecule has 3 aromatic rings. The van der Waals surface area contributed by atoms with Crippen LogP contribution in [0.3, 0.4) is 0 Å². The third kappa shape index (κ3) is 8.00. The molecule has 41 heavy (non-hydrogen) atoms. The fourth-order valence-corrected chi connectivity index (χ4v) is 5.42. The summed E-state index contributed by atoms with van der Waals surface area (Å²) in [5.41, 5.74) is 1.98. The van der Waals surface area contributed by atoms with Crippen LogP contribution in [0.4, 0.5) is 5.69 Å². The molecule has 218 valence electrons. The molecule has 0 bridgehead atoms. The molecule has 0 aliphatic carbocycles. The number of ether oxygens (including phenoxy) is 2. The molecule has 9 nitrogen and oxygen atoms in total. The number of benzene rings is 3. The molecule has 10 heteroatoms. The van der Waals surface area contributed by atoms with Crippen molar-refractivity contribution in [2.75, 3.05) is 30.3 Å². The number of hydrogen-bond donors (Lipinski definition) is 1. The average Bonchev–Trinajstić information content (AvgIpc) is 2.97. The van der Waals surface area contributed by atoms with Gasteiger partial charge in [0.2, 0.25) is 21.8 Å². The topological polar surface area (TPSA) is 105 Å². The lowest BCUT2D eigenvalue weighted by molar-refractivity contribution is -0.140. The van der Waals surface area contributed by atoms with Gasteiger partial charge in [0, 0.05) is 25.1 Å². The molecular weight excluding hydrogens is 542 g/mol. The van der Waals surface area contributed by atoms with Crippen LogP contribution in [0.2, 0.25) is 0 Å². The van der Waals surface area contributed by atoms with Crippen molar-refractivity contribution in [2.24, 2.45) is 0 Å². The molecule has 1 aliphatic rings. The maximum atomic E-state index is 14.1. The minimum Gasteiger partial charge on any atom is -0.486 e. The van der Waals surface area contributed by atoms with E-state index in [2.05, 4.69) is 5.32 Å². The Hall–Kier alpha value is -4.05. The summed E-state index contributed by atoms with van der Waals surface area (Å²) >= 11 is 0. The number of hydrogen-bond acceptors (Lipinski definition) is 6. The summed E-state index contributed by atoms with van der Waals surface area (Å²) in [6, 6.07) is 22.6. The summed E-state index contributed by atoms with van der Waals surface area (Å²) < 4.78 is 38.3. The molecule has 1 N–H and O–H groups in total. The first-order valence-corrected chi connectivity index (χ1v) is 15.6. The van der Waals surface area contributed by atoms with E-state index in [9.17, 15) is 18.0 Å². The van der Waals surface area contributed by atoms with Gasteiger partial charge in [-0.25, -0.2) is 8.42 Å². The van der Waals surface area contributed by atoms with Crippen molar-refractivity contribution in [2.45, 2.75) is 45.3 Å². The first kappa shape index (κ1) is 29.9. The van der Waals surface area contributed by atoms with Gasteiger partial charge >= 0.3 is 0 Å². The monoisotopic (exact) mass is 579 g/mol. The standard InChI is InChI=1S/C31H37N3O6S/c1-4-23(2)32-31(36)27(19-24-11-7-5-8-12-24)33(21-25-13-9-6-10-14-25)30(35)22-34(41(3,37)38)26-15-16-28-29(20-26)40-18-17-39-28/h5-16,20,23,27H,4,17-19,21-22H2,1-3H3,(H,32,36)/t23-,27-/m0/s1. The number of carbonyl (C=O) groups is 2. The van der Waals surface area contributed by atoms with Crippen molar-refractivity contribution in [3.05, 3.63) is 90.0 Å². The maximum absolute atomic E-state index is 14.1. The molecule has 0 fully saturated rings. The molecule has 2 amide bonds. The number of carbonyl (C=O) groups excluding carboxylic acids is 2. The fraction of sp³-hybridized carbons (Fsp3) is 0.355. The summed E-state index contributed by atoms with van der Waals surface area (Å²) in [5.74, 6) is 0.119. The zero-order chi connectivity index (χ0) is 29.4. The summed E-state index contributed by atoms with van der Waals surface area (Å²) in [4.78, 5) is 29.3. The Kier molecular flexibility index (Phi) is 9.88. The molecule has 0 radical (unpaired) electrons. The van der Waals surface area contributed by atoms with Gasteiger partial charge in [-0.1, -0.05) is 67.6 Å². The van der Waals surface area contributed by atoms with Crippen molar-refractivity contribution >= 4 is 27.5 Å². The van der Waals surface area contributed by atoms with Gasteiger partial charge in [0.05, 0.1) is 11.9 Å². The van der Waals surface area contributed by atoms with Gasteiger partial charge in [-0.15, -0.1) is 0 Å². The number of nitrogens with zero attached hydrogens (tertiary/aromatic N) is 2. The number of sulfonamides is 1. The van der Waals surface area contributed by atoms with Crippen LogP contribution in [0.25, 0.3) is 0 Å². The van der Waals surface area contributed by atoms with Crippen LogP contribution in [0, 0.1) is 0 Å². The van der Waals surface area contributed by atoms with E-state index in [4.69, 9.17) is 9.47 Å². The lowest BCUT2D eigenvalue weighted by Crippen LogP contribution is -2.54. The first-order valence-electron chi connectivity index (χ1n) is 13.7. The van der Waals surface area contributed by atoms with Crippen LogP contribution in [-0.4, -0.2) is 63.2 Å². The minimum atomic E-state index is -3.88. The highest BCUT2D eigenvalue weighted by Gasteiger charge is 2.33. The van der Waals surface area contributed by atoms with Crippen LogP contribution in [0.1, 0.15) is 31.4 Å². The molecule has 1 heterocycles. The van der Waals surface area contributed by atoms with Crippen LogP contribution < -0.4 is 19.1 Å². The van der Waals surface area contributed by atoms with Gasteiger partial charge < -0.3 is 19.7 Å². The van der Waals surface area contributed by atoms with E-state index >= 15 is 0 Å². The smallest absolute Gasteiger partial charge is 0.244 e. The Morgan fingerprint density at radius 2 is 1.51 bits per heavy atom. The van der Waals surface area contributed by atoms with Crippen molar-refractivity contribution in [3.63, 3.8) is 0 Å². The number of rotatable bonds is 12. The van der Waals surface area contributed by atoms with Gasteiger partial charge in [0.15, 0.2) is 11.5 Å². The summed E-state index contributed by atoms with van der Waals surface area (Å²) in [6.07, 6.45) is 2.04. The molecule has 3 aromatic carbocycles. The van der Waals surface area contributed by atoms with Crippen LogP contribution in [-0.2, 0) is 32.6 Å². The first-order chi connectivity index (χ1) is 19.7. The lowest BCUT2D eigenvalue weighted by Gasteiger charge is -2.34. The second-order valence-electron chi connectivity index (χ2n) is 10.1. The van der Waals surface area contributed by atoms with E-state index in [0.29, 0.717) is 24.7 Å². The third-order valence-corrected chi connectivity index (χ3v) is 8.10. The van der Waals surface area contributed by atoms with Gasteiger partial charge in [-0.3, -0.25) is 13.9 Å². The zero-order valence-corrected chi connectivity index (χ0v) is 24.5. The molecule has 2 atom stereocenters. The van der Waals surface area contributed by atoms with Crippen molar-refractivity contribution in [1.82, 2.24) is 10.2 Å². The quantitative estimate of drug-likeness (QED) is 0.350. The molecule has 0 aromatic heterocycles. The second-order valence-corrected chi connectivity index (χ2v) is 12.0. The Morgan fingerprint density at radius 1 is 0.902 bits per heavy atom. The average molecular weight is 580 g/mol. The Balaban J connectivity index is 1.71. The second kappa shape index (κ2) is 13.5. The lowest BCUT2D eigenvalue weighted by atomic mass is 10.0. The zero-order valence-electron chi connectivity index (χ0n) is 23.7. The Bertz CT molecular complexity index is 1430.